The fourth-order valence-corrected chi connectivity index (χ4v) is 3.15. The van der Waals surface area contributed by atoms with Crippen LogP contribution in [0.25, 0.3) is 0 Å². The lowest BCUT2D eigenvalue weighted by Gasteiger charge is -2.32. The van der Waals surface area contributed by atoms with Crippen LogP contribution in [-0.2, 0) is 11.3 Å². The summed E-state index contributed by atoms with van der Waals surface area (Å²) in [7, 11) is 0. The maximum atomic E-state index is 12.8. The van der Waals surface area contributed by atoms with Crippen LogP contribution in [0.2, 0.25) is 0 Å². The Kier molecular flexibility index (Phi) is 6.59. The molecule has 1 aliphatic rings. The fraction of sp³-hybridized carbons (Fsp3) is 0.450. The van der Waals surface area contributed by atoms with Crippen LogP contribution >= 0.6 is 0 Å². The second-order valence-electron chi connectivity index (χ2n) is 6.41. The van der Waals surface area contributed by atoms with Crippen LogP contribution in [0.3, 0.4) is 0 Å². The van der Waals surface area contributed by atoms with Crippen molar-refractivity contribution in [1.82, 2.24) is 14.7 Å². The minimum Gasteiger partial charge on any atom is -0.492 e. The van der Waals surface area contributed by atoms with Crippen molar-refractivity contribution in [2.45, 2.75) is 32.4 Å². The second-order valence-corrected chi connectivity index (χ2v) is 6.41. The van der Waals surface area contributed by atoms with Crippen LogP contribution in [0.1, 0.15) is 30.3 Å². The van der Waals surface area contributed by atoms with E-state index in [1.165, 1.54) is 16.8 Å². The zero-order valence-corrected chi connectivity index (χ0v) is 15.5. The zero-order valence-electron chi connectivity index (χ0n) is 15.5. The predicted octanol–water partition coefficient (Wildman–Crippen LogP) is 1.96. The van der Waals surface area contributed by atoms with Gasteiger partial charge in [-0.05, 0) is 38.0 Å². The Hall–Kier alpha value is -2.67. The molecule has 1 amide bonds. The van der Waals surface area contributed by atoms with Gasteiger partial charge in [-0.3, -0.25) is 9.59 Å². The monoisotopic (exact) mass is 371 g/mol. The van der Waals surface area contributed by atoms with E-state index in [4.69, 9.17) is 9.47 Å². The lowest BCUT2D eigenvalue weighted by Crippen LogP contribution is -2.44. The summed E-state index contributed by atoms with van der Waals surface area (Å²) in [5.74, 6) is 0.560. The topological polar surface area (TPSA) is 73.7 Å². The molecule has 1 aromatic carbocycles. The van der Waals surface area contributed by atoms with Crippen molar-refractivity contribution in [3.63, 3.8) is 0 Å². The van der Waals surface area contributed by atoms with E-state index in [-0.39, 0.29) is 29.8 Å². The zero-order chi connectivity index (χ0) is 19.1. The molecule has 0 N–H and O–H groups in total. The quantitative estimate of drug-likeness (QED) is 0.744. The molecule has 27 heavy (non-hydrogen) atoms. The van der Waals surface area contributed by atoms with Gasteiger partial charge in [0.25, 0.3) is 11.5 Å². The van der Waals surface area contributed by atoms with E-state index >= 15 is 0 Å². The van der Waals surface area contributed by atoms with Crippen molar-refractivity contribution < 1.29 is 14.3 Å². The fourth-order valence-electron chi connectivity index (χ4n) is 3.15. The number of carbonyl (C=O) groups is 1. The van der Waals surface area contributed by atoms with Gasteiger partial charge in [0, 0.05) is 25.8 Å². The predicted molar refractivity (Wildman–Crippen MR) is 101 cm³/mol. The highest BCUT2D eigenvalue weighted by molar-refractivity contribution is 5.92. The SMILES string of the molecule is CCOC1CCCN(C(=O)c2ccc(=O)n(CCOc3ccccc3)n2)C1. The maximum Gasteiger partial charge on any atom is 0.274 e. The minimum absolute atomic E-state index is 0.0675. The van der Waals surface area contributed by atoms with E-state index in [1.807, 2.05) is 37.3 Å². The highest BCUT2D eigenvalue weighted by Gasteiger charge is 2.25. The Bertz CT molecular complexity index is 804. The average Bonchev–Trinajstić information content (AvgIpc) is 2.70. The van der Waals surface area contributed by atoms with E-state index < -0.39 is 0 Å². The number of hydrogen-bond donors (Lipinski definition) is 0. The molecule has 144 valence electrons. The van der Waals surface area contributed by atoms with Gasteiger partial charge in [0.2, 0.25) is 0 Å². The Balaban J connectivity index is 1.63. The Morgan fingerprint density at radius 1 is 1.22 bits per heavy atom. The summed E-state index contributed by atoms with van der Waals surface area (Å²) in [6.07, 6.45) is 1.93. The highest BCUT2D eigenvalue weighted by atomic mass is 16.5. The number of carbonyl (C=O) groups excluding carboxylic acids is 1. The first-order chi connectivity index (χ1) is 13.2. The van der Waals surface area contributed by atoms with Gasteiger partial charge in [0.1, 0.15) is 18.1 Å². The molecule has 1 atom stereocenters. The van der Waals surface area contributed by atoms with Crippen molar-refractivity contribution in [3.05, 3.63) is 58.5 Å². The molecule has 1 aromatic heterocycles. The van der Waals surface area contributed by atoms with Crippen molar-refractivity contribution in [2.75, 3.05) is 26.3 Å². The number of aromatic nitrogens is 2. The Labute approximate surface area is 158 Å². The number of amides is 1. The highest BCUT2D eigenvalue weighted by Crippen LogP contribution is 2.15. The number of likely N-dealkylation sites (tertiary alicyclic amines) is 1. The molecule has 3 rings (SSSR count). The van der Waals surface area contributed by atoms with Crippen LogP contribution in [0, 0.1) is 0 Å². The van der Waals surface area contributed by atoms with Gasteiger partial charge < -0.3 is 14.4 Å². The maximum absolute atomic E-state index is 12.8. The molecule has 2 heterocycles. The number of para-hydroxylation sites is 1. The molecule has 0 aliphatic carbocycles. The average molecular weight is 371 g/mol. The molecule has 1 unspecified atom stereocenters. The number of hydrogen-bond acceptors (Lipinski definition) is 5. The molecule has 2 aromatic rings. The number of nitrogens with zero attached hydrogens (tertiary/aromatic N) is 3. The van der Waals surface area contributed by atoms with E-state index in [9.17, 15) is 9.59 Å². The second kappa shape index (κ2) is 9.32. The van der Waals surface area contributed by atoms with Crippen molar-refractivity contribution in [1.29, 1.82) is 0 Å². The third kappa shape index (κ3) is 5.17. The van der Waals surface area contributed by atoms with Crippen molar-refractivity contribution >= 4 is 5.91 Å². The summed E-state index contributed by atoms with van der Waals surface area (Å²) in [6.45, 7) is 4.40. The lowest BCUT2D eigenvalue weighted by molar-refractivity contribution is 0.00693. The van der Waals surface area contributed by atoms with E-state index in [1.54, 1.807) is 4.90 Å². The first-order valence-corrected chi connectivity index (χ1v) is 9.34. The standard InChI is InChI=1S/C20H25N3O4/c1-2-26-17-9-6-12-22(15-17)20(25)18-10-11-19(24)23(21-18)13-14-27-16-7-4-3-5-8-16/h3-5,7-8,10-11,17H,2,6,9,12-15H2,1H3. The summed E-state index contributed by atoms with van der Waals surface area (Å²) in [5, 5.41) is 4.24. The van der Waals surface area contributed by atoms with Crippen molar-refractivity contribution in [2.24, 2.45) is 0 Å². The lowest BCUT2D eigenvalue weighted by atomic mass is 10.1. The summed E-state index contributed by atoms with van der Waals surface area (Å²) >= 11 is 0. The van der Waals surface area contributed by atoms with Gasteiger partial charge in [0.15, 0.2) is 0 Å². The van der Waals surface area contributed by atoms with Crippen LogP contribution in [0.4, 0.5) is 0 Å². The normalized spacial score (nSPS) is 16.9. The molecule has 1 saturated heterocycles. The van der Waals surface area contributed by atoms with Crippen LogP contribution in [-0.4, -0.2) is 53.0 Å². The molecule has 0 spiro atoms. The van der Waals surface area contributed by atoms with Gasteiger partial charge >= 0.3 is 0 Å². The molecule has 0 bridgehead atoms. The van der Waals surface area contributed by atoms with E-state index in [0.29, 0.717) is 26.3 Å². The molecule has 7 nitrogen and oxygen atoms in total. The van der Waals surface area contributed by atoms with Crippen molar-refractivity contribution in [3.8, 4) is 5.75 Å². The minimum atomic E-state index is -0.256. The van der Waals surface area contributed by atoms with Gasteiger partial charge in [0.05, 0.1) is 12.6 Å². The summed E-state index contributed by atoms with van der Waals surface area (Å²) in [6, 6.07) is 12.2. The molecule has 1 aliphatic heterocycles. The summed E-state index contributed by atoms with van der Waals surface area (Å²) in [5.41, 5.74) is 0.0144. The van der Waals surface area contributed by atoms with E-state index in [0.717, 1.165) is 18.6 Å². The number of benzene rings is 1. The molecule has 1 fully saturated rings. The van der Waals surface area contributed by atoms with Crippen LogP contribution < -0.4 is 10.3 Å². The molecule has 0 radical (unpaired) electrons. The van der Waals surface area contributed by atoms with E-state index in [2.05, 4.69) is 5.10 Å². The van der Waals surface area contributed by atoms with Crippen LogP contribution in [0.15, 0.2) is 47.3 Å². The number of piperidine rings is 1. The Morgan fingerprint density at radius 2 is 2.04 bits per heavy atom. The third-order valence-electron chi connectivity index (χ3n) is 4.47. The van der Waals surface area contributed by atoms with Gasteiger partial charge in [-0.25, -0.2) is 4.68 Å². The summed E-state index contributed by atoms with van der Waals surface area (Å²) in [4.78, 5) is 26.6. The number of rotatable bonds is 7. The van der Waals surface area contributed by atoms with Crippen LogP contribution in [0.5, 0.6) is 5.75 Å². The van der Waals surface area contributed by atoms with Gasteiger partial charge in [-0.15, -0.1) is 0 Å². The molecule has 7 heteroatoms. The van der Waals surface area contributed by atoms with Gasteiger partial charge in [-0.2, -0.15) is 5.10 Å². The smallest absolute Gasteiger partial charge is 0.274 e. The first kappa shape index (κ1) is 19.1. The first-order valence-electron chi connectivity index (χ1n) is 9.34. The largest absolute Gasteiger partial charge is 0.492 e. The summed E-state index contributed by atoms with van der Waals surface area (Å²) < 4.78 is 12.5. The molecule has 0 saturated carbocycles. The number of ether oxygens (including phenoxy) is 2. The Morgan fingerprint density at radius 3 is 2.81 bits per heavy atom. The third-order valence-corrected chi connectivity index (χ3v) is 4.47. The van der Waals surface area contributed by atoms with Gasteiger partial charge in [-0.1, -0.05) is 18.2 Å². The molecular formula is C20H25N3O4. The molecular weight excluding hydrogens is 346 g/mol.